The Morgan fingerprint density at radius 1 is 1.19 bits per heavy atom. The molecule has 0 unspecified atom stereocenters. The van der Waals surface area contributed by atoms with Crippen LogP contribution in [0.3, 0.4) is 0 Å². The molecule has 0 spiro atoms. The van der Waals surface area contributed by atoms with Crippen LogP contribution in [0.15, 0.2) is 24.5 Å². The van der Waals surface area contributed by atoms with Gasteiger partial charge in [-0.05, 0) is 12.1 Å². The fraction of sp³-hybridized carbons (Fsp3) is 0.579. The van der Waals surface area contributed by atoms with E-state index in [4.69, 9.17) is 0 Å². The van der Waals surface area contributed by atoms with Gasteiger partial charge in [0.2, 0.25) is 11.9 Å². The SMILES string of the molecule is CN(Cc1cc(C(C)(C)C)n[nH]1)C(=O)CN1CCN(c2ncccn2)CC1. The molecule has 8 heteroatoms. The Hall–Kier alpha value is -2.48. The van der Waals surface area contributed by atoms with Crippen LogP contribution in [0.25, 0.3) is 0 Å². The summed E-state index contributed by atoms with van der Waals surface area (Å²) >= 11 is 0. The number of hydrogen-bond donors (Lipinski definition) is 1. The Bertz CT molecular complexity index is 745. The summed E-state index contributed by atoms with van der Waals surface area (Å²) in [6.07, 6.45) is 3.52. The number of nitrogens with one attached hydrogen (secondary N) is 1. The molecule has 1 aliphatic rings. The first-order valence-electron chi connectivity index (χ1n) is 9.36. The van der Waals surface area contributed by atoms with Crippen molar-refractivity contribution in [2.45, 2.75) is 32.7 Å². The van der Waals surface area contributed by atoms with Crippen LogP contribution in [-0.4, -0.2) is 75.6 Å². The standard InChI is InChI=1S/C19H29N7O/c1-19(2,3)16-12-15(22-23-16)13-24(4)17(27)14-25-8-10-26(11-9-25)18-20-6-5-7-21-18/h5-7,12H,8-11,13-14H2,1-4H3,(H,22,23). The minimum Gasteiger partial charge on any atom is -0.339 e. The zero-order chi connectivity index (χ0) is 19.4. The molecule has 0 saturated carbocycles. The Morgan fingerprint density at radius 3 is 2.44 bits per heavy atom. The Morgan fingerprint density at radius 2 is 1.85 bits per heavy atom. The predicted molar refractivity (Wildman–Crippen MR) is 104 cm³/mol. The lowest BCUT2D eigenvalue weighted by Crippen LogP contribution is -2.50. The molecule has 8 nitrogen and oxygen atoms in total. The molecule has 146 valence electrons. The smallest absolute Gasteiger partial charge is 0.236 e. The van der Waals surface area contributed by atoms with Gasteiger partial charge in [-0.3, -0.25) is 14.8 Å². The first-order chi connectivity index (χ1) is 12.8. The van der Waals surface area contributed by atoms with Gasteiger partial charge in [0.1, 0.15) is 0 Å². The monoisotopic (exact) mass is 371 g/mol. The van der Waals surface area contributed by atoms with Crippen LogP contribution >= 0.6 is 0 Å². The lowest BCUT2D eigenvalue weighted by molar-refractivity contribution is -0.131. The molecular weight excluding hydrogens is 342 g/mol. The van der Waals surface area contributed by atoms with E-state index >= 15 is 0 Å². The third kappa shape index (κ3) is 5.03. The molecule has 3 heterocycles. The second kappa shape index (κ2) is 8.04. The van der Waals surface area contributed by atoms with Gasteiger partial charge in [-0.25, -0.2) is 9.97 Å². The minimum absolute atomic E-state index is 0.000523. The number of aromatic nitrogens is 4. The molecule has 0 aliphatic carbocycles. The summed E-state index contributed by atoms with van der Waals surface area (Å²) in [4.78, 5) is 27.3. The Labute approximate surface area is 160 Å². The summed E-state index contributed by atoms with van der Waals surface area (Å²) in [6, 6.07) is 3.86. The molecule has 27 heavy (non-hydrogen) atoms. The Balaban J connectivity index is 1.47. The maximum atomic E-state index is 12.6. The summed E-state index contributed by atoms with van der Waals surface area (Å²) in [5, 5.41) is 7.41. The van der Waals surface area contributed by atoms with Crippen molar-refractivity contribution in [3.8, 4) is 0 Å². The van der Waals surface area contributed by atoms with Gasteiger partial charge in [0.05, 0.1) is 24.5 Å². The van der Waals surface area contributed by atoms with Crippen molar-refractivity contribution in [2.24, 2.45) is 0 Å². The molecule has 1 aliphatic heterocycles. The lowest BCUT2D eigenvalue weighted by atomic mass is 9.92. The van der Waals surface area contributed by atoms with Crippen LogP contribution in [-0.2, 0) is 16.8 Å². The molecule has 2 aromatic heterocycles. The van der Waals surface area contributed by atoms with Gasteiger partial charge in [-0.15, -0.1) is 0 Å². The second-order valence-corrected chi connectivity index (χ2v) is 8.09. The van der Waals surface area contributed by atoms with E-state index in [-0.39, 0.29) is 11.3 Å². The summed E-state index contributed by atoms with van der Waals surface area (Å²) in [7, 11) is 1.84. The molecule has 0 radical (unpaired) electrons. The van der Waals surface area contributed by atoms with Crippen molar-refractivity contribution < 1.29 is 4.79 Å². The first kappa shape index (κ1) is 19.3. The highest BCUT2D eigenvalue weighted by atomic mass is 16.2. The zero-order valence-electron chi connectivity index (χ0n) is 16.6. The molecule has 1 N–H and O–H groups in total. The third-order valence-corrected chi connectivity index (χ3v) is 4.80. The number of carbonyl (C=O) groups excluding carboxylic acids is 1. The number of aromatic amines is 1. The molecule has 0 atom stereocenters. The second-order valence-electron chi connectivity index (χ2n) is 8.09. The average Bonchev–Trinajstić information content (AvgIpc) is 3.12. The van der Waals surface area contributed by atoms with Crippen LogP contribution in [0.5, 0.6) is 0 Å². The number of amides is 1. The predicted octanol–water partition coefficient (Wildman–Crippen LogP) is 1.28. The largest absolute Gasteiger partial charge is 0.339 e. The third-order valence-electron chi connectivity index (χ3n) is 4.80. The van der Waals surface area contributed by atoms with Crippen LogP contribution in [0.2, 0.25) is 0 Å². The number of likely N-dealkylation sites (N-methyl/N-ethyl adjacent to an activating group) is 1. The van der Waals surface area contributed by atoms with E-state index in [1.807, 2.05) is 19.2 Å². The zero-order valence-corrected chi connectivity index (χ0v) is 16.6. The lowest BCUT2D eigenvalue weighted by Gasteiger charge is -2.34. The quantitative estimate of drug-likeness (QED) is 0.853. The number of hydrogen-bond acceptors (Lipinski definition) is 6. The summed E-state index contributed by atoms with van der Waals surface area (Å²) in [5.41, 5.74) is 1.97. The van der Waals surface area contributed by atoms with E-state index in [9.17, 15) is 4.79 Å². The molecule has 2 aromatic rings. The van der Waals surface area contributed by atoms with E-state index in [0.29, 0.717) is 13.1 Å². The van der Waals surface area contributed by atoms with Crippen molar-refractivity contribution in [3.05, 3.63) is 35.9 Å². The van der Waals surface area contributed by atoms with Crippen LogP contribution in [0, 0.1) is 0 Å². The van der Waals surface area contributed by atoms with E-state index in [1.165, 1.54) is 0 Å². The number of carbonyl (C=O) groups is 1. The van der Waals surface area contributed by atoms with Crippen LogP contribution < -0.4 is 4.90 Å². The van der Waals surface area contributed by atoms with Crippen molar-refractivity contribution >= 4 is 11.9 Å². The van der Waals surface area contributed by atoms with Gasteiger partial charge in [-0.1, -0.05) is 20.8 Å². The number of piperazine rings is 1. The summed E-state index contributed by atoms with van der Waals surface area (Å²) < 4.78 is 0. The van der Waals surface area contributed by atoms with Gasteiger partial charge >= 0.3 is 0 Å². The van der Waals surface area contributed by atoms with Crippen molar-refractivity contribution in [1.82, 2.24) is 30.0 Å². The van der Waals surface area contributed by atoms with Gasteiger partial charge in [0.15, 0.2) is 0 Å². The normalized spacial score (nSPS) is 15.8. The fourth-order valence-corrected chi connectivity index (χ4v) is 3.04. The molecule has 0 bridgehead atoms. The maximum absolute atomic E-state index is 12.6. The Kier molecular flexibility index (Phi) is 5.74. The summed E-state index contributed by atoms with van der Waals surface area (Å²) in [6.45, 7) is 10.7. The fourth-order valence-electron chi connectivity index (χ4n) is 3.04. The van der Waals surface area contributed by atoms with Crippen LogP contribution in [0.4, 0.5) is 5.95 Å². The number of anilines is 1. The molecular formula is C19H29N7O. The topological polar surface area (TPSA) is 81.3 Å². The molecule has 1 fully saturated rings. The maximum Gasteiger partial charge on any atom is 0.236 e. The van der Waals surface area contributed by atoms with Gasteiger partial charge in [0, 0.05) is 51.0 Å². The van der Waals surface area contributed by atoms with Crippen molar-refractivity contribution in [2.75, 3.05) is 44.7 Å². The van der Waals surface area contributed by atoms with E-state index < -0.39 is 0 Å². The number of nitrogens with zero attached hydrogens (tertiary/aromatic N) is 6. The summed E-state index contributed by atoms with van der Waals surface area (Å²) in [5.74, 6) is 0.876. The number of H-pyrrole nitrogens is 1. The van der Waals surface area contributed by atoms with Crippen LogP contribution in [0.1, 0.15) is 32.2 Å². The van der Waals surface area contributed by atoms with Gasteiger partial charge in [-0.2, -0.15) is 5.10 Å². The first-order valence-corrected chi connectivity index (χ1v) is 9.36. The van der Waals surface area contributed by atoms with Gasteiger partial charge < -0.3 is 9.80 Å². The minimum atomic E-state index is -0.000523. The van der Waals surface area contributed by atoms with Crippen molar-refractivity contribution in [3.63, 3.8) is 0 Å². The van der Waals surface area contributed by atoms with E-state index in [1.54, 1.807) is 17.3 Å². The highest BCUT2D eigenvalue weighted by Crippen LogP contribution is 2.20. The molecule has 1 saturated heterocycles. The van der Waals surface area contributed by atoms with Gasteiger partial charge in [0.25, 0.3) is 0 Å². The molecule has 3 rings (SSSR count). The average molecular weight is 371 g/mol. The number of rotatable bonds is 5. The van der Waals surface area contributed by atoms with E-state index in [2.05, 4.69) is 50.7 Å². The molecule has 1 amide bonds. The van der Waals surface area contributed by atoms with E-state index in [0.717, 1.165) is 43.5 Å². The highest BCUT2D eigenvalue weighted by molar-refractivity contribution is 5.78. The van der Waals surface area contributed by atoms with Crippen molar-refractivity contribution in [1.29, 1.82) is 0 Å². The molecule has 0 aromatic carbocycles. The highest BCUT2D eigenvalue weighted by Gasteiger charge is 2.23.